The van der Waals surface area contributed by atoms with Crippen LogP contribution >= 0.6 is 22.6 Å². The van der Waals surface area contributed by atoms with Gasteiger partial charge in [-0.2, -0.15) is 39.5 Å². The third-order valence-electron chi connectivity index (χ3n) is 1.19. The maximum absolute atomic E-state index is 12.3. The van der Waals surface area contributed by atoms with Crippen LogP contribution in [0.15, 0.2) is 9.66 Å². The molecular formula is C5F9I. The number of hydrogen-bond donors (Lipinski definition) is 0. The Balaban J connectivity index is 5.49. The van der Waals surface area contributed by atoms with E-state index in [1.54, 1.807) is 0 Å². The van der Waals surface area contributed by atoms with Gasteiger partial charge in [-0.3, -0.25) is 0 Å². The van der Waals surface area contributed by atoms with E-state index in [4.69, 9.17) is 0 Å². The van der Waals surface area contributed by atoms with Crippen molar-refractivity contribution in [3.8, 4) is 0 Å². The van der Waals surface area contributed by atoms with Crippen molar-refractivity contribution < 1.29 is 39.5 Å². The minimum Gasteiger partial charge on any atom is -0.193 e. The summed E-state index contributed by atoms with van der Waals surface area (Å²) in [5.41, 5.74) is 0. The van der Waals surface area contributed by atoms with E-state index in [1.807, 2.05) is 0 Å². The van der Waals surface area contributed by atoms with E-state index in [2.05, 4.69) is 0 Å². The highest BCUT2D eigenvalue weighted by Gasteiger charge is 2.74. The molecule has 0 amide bonds. The van der Waals surface area contributed by atoms with E-state index < -0.39 is 27.7 Å². The second-order valence-electron chi connectivity index (χ2n) is 2.22. The molecule has 0 aromatic rings. The Morgan fingerprint density at radius 1 is 0.800 bits per heavy atom. The summed E-state index contributed by atoms with van der Waals surface area (Å²) in [4.78, 5) is 0. The highest BCUT2D eigenvalue weighted by atomic mass is 127. The first kappa shape index (κ1) is 14.8. The molecule has 0 aliphatic rings. The van der Waals surface area contributed by atoms with Crippen LogP contribution in [-0.2, 0) is 0 Å². The third-order valence-corrected chi connectivity index (χ3v) is 2.28. The van der Waals surface area contributed by atoms with E-state index in [1.165, 1.54) is 0 Å². The van der Waals surface area contributed by atoms with Gasteiger partial charge < -0.3 is 0 Å². The molecule has 10 heteroatoms. The Bertz CT molecular complexity index is 271. The van der Waals surface area contributed by atoms with Gasteiger partial charge in [0.05, 0.1) is 0 Å². The molecule has 0 fully saturated rings. The molecule has 0 saturated heterocycles. The molecule has 0 radical (unpaired) electrons. The van der Waals surface area contributed by atoms with Gasteiger partial charge in [0.1, 0.15) is 3.58 Å². The predicted molar refractivity (Wildman–Crippen MR) is 39.2 cm³/mol. The van der Waals surface area contributed by atoms with Gasteiger partial charge >= 0.3 is 18.0 Å². The number of rotatable bonds is 2. The molecule has 15 heavy (non-hydrogen) atoms. The topological polar surface area (TPSA) is 0 Å². The SMILES string of the molecule is FC(F)=C(I)C(F)(F)C(F)(F)C(F)(F)F. The Hall–Kier alpha value is -0.160. The fourth-order valence-corrected chi connectivity index (χ4v) is 0.773. The zero-order chi connectivity index (χ0) is 12.7. The fourth-order valence-electron chi connectivity index (χ4n) is 0.435. The summed E-state index contributed by atoms with van der Waals surface area (Å²) in [5.74, 6) is -12.5. The summed E-state index contributed by atoms with van der Waals surface area (Å²) < 4.78 is 104. The Kier molecular flexibility index (Phi) is 3.97. The molecule has 0 unspecified atom stereocenters. The molecule has 0 aliphatic carbocycles. The van der Waals surface area contributed by atoms with Crippen LogP contribution in [0.25, 0.3) is 0 Å². The minimum absolute atomic E-state index is 0.0391. The third kappa shape index (κ3) is 2.50. The second-order valence-corrected chi connectivity index (χ2v) is 3.30. The van der Waals surface area contributed by atoms with Crippen molar-refractivity contribution in [3.05, 3.63) is 9.66 Å². The maximum Gasteiger partial charge on any atom is 0.460 e. The fraction of sp³-hybridized carbons (Fsp3) is 0.600. The number of halogens is 10. The first-order valence-corrected chi connectivity index (χ1v) is 3.97. The van der Waals surface area contributed by atoms with Crippen LogP contribution in [0.4, 0.5) is 39.5 Å². The van der Waals surface area contributed by atoms with Gasteiger partial charge in [-0.05, 0) is 22.6 Å². The summed E-state index contributed by atoms with van der Waals surface area (Å²) in [6.45, 7) is 0. The normalized spacial score (nSPS) is 14.0. The standard InChI is InChI=1S/C5F9I/c6-2(7)1(15)3(8,9)4(10,11)5(12,13)14. The first-order valence-electron chi connectivity index (χ1n) is 2.89. The molecule has 0 N–H and O–H groups in total. The van der Waals surface area contributed by atoms with Gasteiger partial charge in [0, 0.05) is 0 Å². The molecule has 0 spiro atoms. The van der Waals surface area contributed by atoms with Gasteiger partial charge in [-0.1, -0.05) is 0 Å². The molecule has 0 heterocycles. The van der Waals surface area contributed by atoms with Gasteiger partial charge in [-0.25, -0.2) is 0 Å². The van der Waals surface area contributed by atoms with Gasteiger partial charge in [-0.15, -0.1) is 0 Å². The van der Waals surface area contributed by atoms with Crippen LogP contribution in [-0.4, -0.2) is 18.0 Å². The van der Waals surface area contributed by atoms with Crippen LogP contribution < -0.4 is 0 Å². The summed E-state index contributed by atoms with van der Waals surface area (Å²) in [7, 11) is 0. The lowest BCUT2D eigenvalue weighted by molar-refractivity contribution is -0.342. The summed E-state index contributed by atoms with van der Waals surface area (Å²) >= 11 is 0.0391. The lowest BCUT2D eigenvalue weighted by Crippen LogP contribution is -2.52. The van der Waals surface area contributed by atoms with Crippen LogP contribution in [0.1, 0.15) is 0 Å². The van der Waals surface area contributed by atoms with Crippen molar-refractivity contribution in [2.45, 2.75) is 18.0 Å². The summed E-state index contributed by atoms with van der Waals surface area (Å²) in [6, 6.07) is 0. The van der Waals surface area contributed by atoms with E-state index in [0.29, 0.717) is 0 Å². The second kappa shape index (κ2) is 4.01. The van der Waals surface area contributed by atoms with Crippen LogP contribution in [0.5, 0.6) is 0 Å². The molecule has 0 rings (SSSR count). The van der Waals surface area contributed by atoms with Crippen molar-refractivity contribution in [3.63, 3.8) is 0 Å². The quantitative estimate of drug-likeness (QED) is 0.508. The maximum atomic E-state index is 12.3. The highest BCUT2D eigenvalue weighted by molar-refractivity contribution is 14.1. The Morgan fingerprint density at radius 2 is 1.13 bits per heavy atom. The summed E-state index contributed by atoms with van der Waals surface area (Å²) in [5, 5.41) is 0. The van der Waals surface area contributed by atoms with Crippen LogP contribution in [0.2, 0.25) is 0 Å². The van der Waals surface area contributed by atoms with Crippen molar-refractivity contribution in [1.82, 2.24) is 0 Å². The van der Waals surface area contributed by atoms with E-state index in [0.717, 1.165) is 0 Å². The zero-order valence-corrected chi connectivity index (χ0v) is 8.44. The molecule has 0 aromatic heterocycles. The monoisotopic (exact) mass is 358 g/mol. The van der Waals surface area contributed by atoms with Gasteiger partial charge in [0.25, 0.3) is 6.08 Å². The molecular weight excluding hydrogens is 358 g/mol. The average molecular weight is 358 g/mol. The Morgan fingerprint density at radius 3 is 1.33 bits per heavy atom. The zero-order valence-electron chi connectivity index (χ0n) is 6.28. The number of alkyl halides is 7. The first-order chi connectivity index (χ1) is 6.35. The summed E-state index contributed by atoms with van der Waals surface area (Å²) in [6.07, 6.45) is -9.90. The molecule has 0 nitrogen and oxygen atoms in total. The number of hydrogen-bond acceptors (Lipinski definition) is 0. The molecule has 0 aromatic carbocycles. The van der Waals surface area contributed by atoms with Crippen molar-refractivity contribution in [1.29, 1.82) is 0 Å². The molecule has 0 aliphatic heterocycles. The molecule has 0 atom stereocenters. The van der Waals surface area contributed by atoms with E-state index in [9.17, 15) is 39.5 Å². The largest absolute Gasteiger partial charge is 0.460 e. The minimum atomic E-state index is -6.61. The van der Waals surface area contributed by atoms with E-state index in [-0.39, 0.29) is 22.6 Å². The lowest BCUT2D eigenvalue weighted by atomic mass is 10.1. The van der Waals surface area contributed by atoms with Crippen molar-refractivity contribution >= 4 is 22.6 Å². The molecule has 0 saturated carbocycles. The smallest absolute Gasteiger partial charge is 0.193 e. The van der Waals surface area contributed by atoms with Crippen LogP contribution in [0.3, 0.4) is 0 Å². The lowest BCUT2D eigenvalue weighted by Gasteiger charge is -2.27. The van der Waals surface area contributed by atoms with Crippen molar-refractivity contribution in [2.24, 2.45) is 0 Å². The Labute approximate surface area is 90.3 Å². The average Bonchev–Trinajstić information content (AvgIpc) is 2.00. The molecule has 90 valence electrons. The van der Waals surface area contributed by atoms with Crippen LogP contribution in [0, 0.1) is 0 Å². The van der Waals surface area contributed by atoms with Crippen molar-refractivity contribution in [2.75, 3.05) is 0 Å². The molecule has 0 bridgehead atoms. The number of allylic oxidation sites excluding steroid dienone is 1. The predicted octanol–water partition coefficient (Wildman–Crippen LogP) is 4.36. The van der Waals surface area contributed by atoms with Gasteiger partial charge in [0.2, 0.25) is 0 Å². The van der Waals surface area contributed by atoms with E-state index >= 15 is 0 Å². The van der Waals surface area contributed by atoms with Gasteiger partial charge in [0.15, 0.2) is 0 Å². The highest BCUT2D eigenvalue weighted by Crippen LogP contribution is 2.52.